The maximum Gasteiger partial charge on any atom is 0.317 e. The molecule has 0 radical (unpaired) electrons. The zero-order valence-electron chi connectivity index (χ0n) is 19.7. The van der Waals surface area contributed by atoms with E-state index in [2.05, 4.69) is 35.6 Å². The first-order valence-corrected chi connectivity index (χ1v) is 13.1. The molecule has 3 atom stereocenters. The number of nitrogens with zero attached hydrogens (tertiary/aromatic N) is 1. The van der Waals surface area contributed by atoms with Gasteiger partial charge in [-0.15, -0.1) is 0 Å². The number of hydrogen-bond acceptors (Lipinski definition) is 3. The van der Waals surface area contributed by atoms with Crippen molar-refractivity contribution < 1.29 is 9.53 Å². The van der Waals surface area contributed by atoms with E-state index in [1.165, 1.54) is 56.9 Å². The van der Waals surface area contributed by atoms with Gasteiger partial charge in [-0.1, -0.05) is 75.3 Å². The highest BCUT2D eigenvalue weighted by molar-refractivity contribution is 5.74. The fourth-order valence-corrected chi connectivity index (χ4v) is 5.66. The van der Waals surface area contributed by atoms with E-state index in [0.717, 1.165) is 44.9 Å². The third kappa shape index (κ3) is 6.95. The molecule has 1 heterocycles. The summed E-state index contributed by atoms with van der Waals surface area (Å²) in [5, 5.41) is 3.27. The Hall–Kier alpha value is -1.59. The maximum absolute atomic E-state index is 13.1. The molecule has 2 amide bonds. The first-order valence-electron chi connectivity index (χ1n) is 13.1. The standard InChI is InChI=1S/C27H43N3O2/c28-19-25(18-22-8-3-1-4-9-22)29-27(31)30-16-7-12-24(20-30)26(23-10-5-2-6-11-23)32-17-15-21-13-14-21/h2,5-6,10-11,21-22,24-26H,1,3-4,7-9,12-20,28H2,(H,29,31)/t24-,25+,26?/m1/s1. The molecule has 5 nitrogen and oxygen atoms in total. The minimum absolute atomic E-state index is 0.0609. The second-order valence-corrected chi connectivity index (χ2v) is 10.4. The summed E-state index contributed by atoms with van der Waals surface area (Å²) in [5.41, 5.74) is 7.29. The number of ether oxygens (including phenoxy) is 1. The normalized spacial score (nSPS) is 24.2. The van der Waals surface area contributed by atoms with Gasteiger partial charge in [-0.2, -0.15) is 0 Å². The van der Waals surface area contributed by atoms with Crippen LogP contribution in [0.4, 0.5) is 4.79 Å². The number of amides is 2. The minimum atomic E-state index is 0.0609. The molecule has 1 aromatic rings. The van der Waals surface area contributed by atoms with Crippen molar-refractivity contribution >= 4 is 6.03 Å². The molecule has 2 saturated carbocycles. The number of benzene rings is 1. The van der Waals surface area contributed by atoms with Crippen LogP contribution in [0, 0.1) is 17.8 Å². The Morgan fingerprint density at radius 3 is 2.53 bits per heavy atom. The molecule has 1 saturated heterocycles. The largest absolute Gasteiger partial charge is 0.373 e. The van der Waals surface area contributed by atoms with Crippen molar-refractivity contribution in [1.29, 1.82) is 0 Å². The second-order valence-electron chi connectivity index (χ2n) is 10.4. The Kier molecular flexibility index (Phi) is 8.86. The summed E-state index contributed by atoms with van der Waals surface area (Å²) in [6.45, 7) is 2.93. The van der Waals surface area contributed by atoms with Crippen molar-refractivity contribution in [2.75, 3.05) is 26.2 Å². The fourth-order valence-electron chi connectivity index (χ4n) is 5.66. The van der Waals surface area contributed by atoms with Gasteiger partial charge in [0.2, 0.25) is 0 Å². The average molecular weight is 442 g/mol. The van der Waals surface area contributed by atoms with E-state index in [0.29, 0.717) is 18.4 Å². The van der Waals surface area contributed by atoms with E-state index in [4.69, 9.17) is 10.5 Å². The van der Waals surface area contributed by atoms with Crippen LogP contribution in [0.2, 0.25) is 0 Å². The molecule has 0 spiro atoms. The lowest BCUT2D eigenvalue weighted by molar-refractivity contribution is -0.0127. The van der Waals surface area contributed by atoms with E-state index < -0.39 is 0 Å². The fraction of sp³-hybridized carbons (Fsp3) is 0.741. The van der Waals surface area contributed by atoms with Crippen LogP contribution in [-0.4, -0.2) is 43.2 Å². The van der Waals surface area contributed by atoms with Crippen molar-refractivity contribution in [3.63, 3.8) is 0 Å². The van der Waals surface area contributed by atoms with Gasteiger partial charge in [-0.3, -0.25) is 0 Å². The summed E-state index contributed by atoms with van der Waals surface area (Å²) in [5.74, 6) is 1.93. The zero-order chi connectivity index (χ0) is 22.2. The van der Waals surface area contributed by atoms with Crippen LogP contribution in [0.3, 0.4) is 0 Å². The lowest BCUT2D eigenvalue weighted by Crippen LogP contribution is -2.51. The summed E-state index contributed by atoms with van der Waals surface area (Å²) in [6.07, 6.45) is 13.7. The van der Waals surface area contributed by atoms with Crippen molar-refractivity contribution in [2.45, 2.75) is 82.8 Å². The molecular weight excluding hydrogens is 398 g/mol. The summed E-state index contributed by atoms with van der Waals surface area (Å²) in [7, 11) is 0. The first-order chi connectivity index (χ1) is 15.7. The first kappa shape index (κ1) is 23.6. The molecule has 5 heteroatoms. The Balaban J connectivity index is 1.33. The molecule has 1 aliphatic heterocycles. The maximum atomic E-state index is 13.1. The van der Waals surface area contributed by atoms with E-state index >= 15 is 0 Å². The van der Waals surface area contributed by atoms with Crippen LogP contribution < -0.4 is 11.1 Å². The van der Waals surface area contributed by atoms with Crippen LogP contribution in [0.25, 0.3) is 0 Å². The summed E-state index contributed by atoms with van der Waals surface area (Å²) >= 11 is 0. The lowest BCUT2D eigenvalue weighted by atomic mass is 9.85. The van der Waals surface area contributed by atoms with Gasteiger partial charge in [0.25, 0.3) is 0 Å². The van der Waals surface area contributed by atoms with E-state index in [9.17, 15) is 4.79 Å². The van der Waals surface area contributed by atoms with Crippen LogP contribution >= 0.6 is 0 Å². The number of piperidine rings is 1. The molecule has 3 fully saturated rings. The molecule has 1 unspecified atom stereocenters. The van der Waals surface area contributed by atoms with E-state index in [-0.39, 0.29) is 18.2 Å². The van der Waals surface area contributed by atoms with Gasteiger partial charge in [0, 0.05) is 38.2 Å². The van der Waals surface area contributed by atoms with Crippen molar-refractivity contribution in [3.05, 3.63) is 35.9 Å². The highest BCUT2D eigenvalue weighted by Crippen LogP contribution is 2.36. The van der Waals surface area contributed by atoms with Crippen molar-refractivity contribution in [3.8, 4) is 0 Å². The Morgan fingerprint density at radius 1 is 1.03 bits per heavy atom. The molecule has 0 bridgehead atoms. The van der Waals surface area contributed by atoms with Gasteiger partial charge in [-0.25, -0.2) is 4.79 Å². The van der Waals surface area contributed by atoms with Crippen molar-refractivity contribution in [2.24, 2.45) is 23.5 Å². The molecule has 32 heavy (non-hydrogen) atoms. The third-order valence-electron chi connectivity index (χ3n) is 7.78. The number of carbonyl (C=O) groups is 1. The average Bonchev–Trinajstić information content (AvgIpc) is 3.67. The van der Waals surface area contributed by atoms with Crippen LogP contribution in [0.1, 0.15) is 82.3 Å². The Labute approximate surface area is 194 Å². The minimum Gasteiger partial charge on any atom is -0.373 e. The second kappa shape index (κ2) is 12.0. The molecule has 2 aliphatic carbocycles. The van der Waals surface area contributed by atoms with Crippen LogP contribution in [0.15, 0.2) is 30.3 Å². The quantitative estimate of drug-likeness (QED) is 0.520. The number of urea groups is 1. The summed E-state index contributed by atoms with van der Waals surface area (Å²) in [4.78, 5) is 15.2. The molecule has 4 rings (SSSR count). The van der Waals surface area contributed by atoms with Gasteiger partial charge in [-0.05, 0) is 43.1 Å². The van der Waals surface area contributed by atoms with Gasteiger partial charge in [0.05, 0.1) is 6.10 Å². The Morgan fingerprint density at radius 2 is 1.81 bits per heavy atom. The Bertz CT molecular complexity index is 687. The molecule has 0 aromatic heterocycles. The zero-order valence-corrected chi connectivity index (χ0v) is 19.7. The molecule has 178 valence electrons. The number of carbonyl (C=O) groups excluding carboxylic acids is 1. The van der Waals surface area contributed by atoms with Crippen molar-refractivity contribution in [1.82, 2.24) is 10.2 Å². The van der Waals surface area contributed by atoms with Gasteiger partial charge >= 0.3 is 6.03 Å². The number of nitrogens with one attached hydrogen (secondary N) is 1. The lowest BCUT2D eigenvalue weighted by Gasteiger charge is -2.38. The predicted molar refractivity (Wildman–Crippen MR) is 129 cm³/mol. The summed E-state index contributed by atoms with van der Waals surface area (Å²) in [6, 6.07) is 10.8. The number of nitrogens with two attached hydrogens (primary N) is 1. The number of likely N-dealkylation sites (tertiary alicyclic amines) is 1. The van der Waals surface area contributed by atoms with Gasteiger partial charge in [0.15, 0.2) is 0 Å². The highest BCUT2D eigenvalue weighted by Gasteiger charge is 2.32. The van der Waals surface area contributed by atoms with Gasteiger partial charge in [0.1, 0.15) is 0 Å². The topological polar surface area (TPSA) is 67.6 Å². The van der Waals surface area contributed by atoms with Crippen LogP contribution in [-0.2, 0) is 4.74 Å². The van der Waals surface area contributed by atoms with E-state index in [1.54, 1.807) is 0 Å². The highest BCUT2D eigenvalue weighted by atomic mass is 16.5. The molecule has 1 aromatic carbocycles. The molecule has 3 N–H and O–H groups in total. The van der Waals surface area contributed by atoms with E-state index in [1.807, 2.05) is 4.90 Å². The predicted octanol–water partition coefficient (Wildman–Crippen LogP) is 5.26. The SMILES string of the molecule is NC[C@H](CC1CCCCC1)NC(=O)N1CCC[C@@H](C(OCCC2CC2)c2ccccc2)C1. The third-order valence-corrected chi connectivity index (χ3v) is 7.78. The van der Waals surface area contributed by atoms with Gasteiger partial charge < -0.3 is 20.7 Å². The monoisotopic (exact) mass is 441 g/mol. The molecular formula is C27H43N3O2. The smallest absolute Gasteiger partial charge is 0.317 e. The number of rotatable bonds is 10. The van der Waals surface area contributed by atoms with Crippen LogP contribution in [0.5, 0.6) is 0 Å². The summed E-state index contributed by atoms with van der Waals surface area (Å²) < 4.78 is 6.47. The number of hydrogen-bond donors (Lipinski definition) is 2. The molecule has 3 aliphatic rings.